The smallest absolute Gasteiger partial charge is 0.141 e. The van der Waals surface area contributed by atoms with E-state index in [1.165, 1.54) is 0 Å². The van der Waals surface area contributed by atoms with E-state index in [1.807, 2.05) is 25.1 Å². The summed E-state index contributed by atoms with van der Waals surface area (Å²) in [6, 6.07) is 5.84. The number of nitrogens with two attached hydrogens (primary N) is 1. The van der Waals surface area contributed by atoms with E-state index in [2.05, 4.69) is 0 Å². The molecule has 0 saturated carbocycles. The number of hydrogen-bond donors (Lipinski definition) is 1. The Morgan fingerprint density at radius 1 is 1.35 bits per heavy atom. The highest BCUT2D eigenvalue weighted by Gasteiger charge is 2.09. The van der Waals surface area contributed by atoms with Crippen LogP contribution in [-0.2, 0) is 11.2 Å². The molecule has 3 nitrogen and oxygen atoms in total. The third-order valence-corrected chi connectivity index (χ3v) is 2.63. The number of methoxy groups -OCH3 is 1. The summed E-state index contributed by atoms with van der Waals surface area (Å²) in [7, 11) is 1.68. The first-order valence-corrected chi connectivity index (χ1v) is 6.17. The van der Waals surface area contributed by atoms with Gasteiger partial charge in [0.2, 0.25) is 0 Å². The number of para-hydroxylation sites is 1. The van der Waals surface area contributed by atoms with Crippen LogP contribution >= 0.6 is 11.6 Å². The van der Waals surface area contributed by atoms with E-state index in [9.17, 15) is 0 Å². The monoisotopic (exact) mass is 257 g/mol. The Hall–Kier alpha value is -0.770. The van der Waals surface area contributed by atoms with Gasteiger partial charge in [-0.1, -0.05) is 23.7 Å². The highest BCUT2D eigenvalue weighted by Crippen LogP contribution is 2.29. The summed E-state index contributed by atoms with van der Waals surface area (Å²) in [6.07, 6.45) is 1.61. The molecule has 17 heavy (non-hydrogen) atoms. The molecule has 0 radical (unpaired) electrons. The van der Waals surface area contributed by atoms with Gasteiger partial charge >= 0.3 is 0 Å². The van der Waals surface area contributed by atoms with Gasteiger partial charge in [-0.05, 0) is 25.0 Å². The van der Waals surface area contributed by atoms with Gasteiger partial charge in [-0.2, -0.15) is 0 Å². The van der Waals surface area contributed by atoms with Gasteiger partial charge in [0.05, 0.1) is 11.6 Å². The molecule has 0 aliphatic rings. The average Bonchev–Trinajstić information content (AvgIpc) is 2.26. The molecule has 0 aromatic heterocycles. The molecule has 1 aromatic carbocycles. The Morgan fingerprint density at radius 3 is 2.76 bits per heavy atom. The lowest BCUT2D eigenvalue weighted by molar-refractivity contribution is 0.172. The van der Waals surface area contributed by atoms with Gasteiger partial charge in [-0.25, -0.2) is 0 Å². The second kappa shape index (κ2) is 7.54. The average molecular weight is 258 g/mol. The van der Waals surface area contributed by atoms with Crippen molar-refractivity contribution >= 4 is 11.6 Å². The van der Waals surface area contributed by atoms with Gasteiger partial charge in [0, 0.05) is 26.2 Å². The molecule has 0 fully saturated rings. The number of ether oxygens (including phenoxy) is 2. The van der Waals surface area contributed by atoms with Crippen molar-refractivity contribution in [2.24, 2.45) is 5.73 Å². The summed E-state index contributed by atoms with van der Waals surface area (Å²) in [5.74, 6) is 0.752. The Kier molecular flexibility index (Phi) is 6.34. The van der Waals surface area contributed by atoms with E-state index in [4.69, 9.17) is 26.8 Å². The van der Waals surface area contributed by atoms with Crippen LogP contribution in [0.5, 0.6) is 5.75 Å². The highest BCUT2D eigenvalue weighted by atomic mass is 35.5. The SMILES string of the molecule is COCCCOc1c(Cl)cccc1CC(C)N. The summed E-state index contributed by atoms with van der Waals surface area (Å²) in [4.78, 5) is 0. The summed E-state index contributed by atoms with van der Waals surface area (Å²) in [5.41, 5.74) is 6.86. The van der Waals surface area contributed by atoms with Crippen molar-refractivity contribution in [3.63, 3.8) is 0 Å². The zero-order valence-corrected chi connectivity index (χ0v) is 11.2. The lowest BCUT2D eigenvalue weighted by atomic mass is 10.1. The van der Waals surface area contributed by atoms with Gasteiger partial charge in [0.1, 0.15) is 5.75 Å². The summed E-state index contributed by atoms with van der Waals surface area (Å²) >= 11 is 6.13. The van der Waals surface area contributed by atoms with Crippen molar-refractivity contribution in [2.45, 2.75) is 25.8 Å². The lowest BCUT2D eigenvalue weighted by Gasteiger charge is -2.14. The molecule has 0 aliphatic heterocycles. The van der Waals surface area contributed by atoms with E-state index >= 15 is 0 Å². The Morgan fingerprint density at radius 2 is 2.12 bits per heavy atom. The topological polar surface area (TPSA) is 44.5 Å². The number of rotatable bonds is 7. The minimum absolute atomic E-state index is 0.0924. The molecular formula is C13H20ClNO2. The molecular weight excluding hydrogens is 238 g/mol. The fourth-order valence-corrected chi connectivity index (χ4v) is 1.85. The first kappa shape index (κ1) is 14.3. The van der Waals surface area contributed by atoms with Gasteiger partial charge in [0.15, 0.2) is 0 Å². The zero-order valence-electron chi connectivity index (χ0n) is 10.4. The van der Waals surface area contributed by atoms with Crippen LogP contribution in [0.2, 0.25) is 5.02 Å². The maximum atomic E-state index is 6.13. The second-order valence-electron chi connectivity index (χ2n) is 4.10. The van der Waals surface area contributed by atoms with Crippen molar-refractivity contribution in [3.05, 3.63) is 28.8 Å². The number of halogens is 1. The normalized spacial score (nSPS) is 12.5. The van der Waals surface area contributed by atoms with E-state index in [-0.39, 0.29) is 6.04 Å². The highest BCUT2D eigenvalue weighted by molar-refractivity contribution is 6.32. The predicted octanol–water partition coefficient (Wildman–Crippen LogP) is 2.64. The molecule has 0 heterocycles. The molecule has 0 amide bonds. The summed E-state index contributed by atoms with van der Waals surface area (Å²) in [6.45, 7) is 3.26. The van der Waals surface area contributed by atoms with Gasteiger partial charge in [-0.3, -0.25) is 0 Å². The quantitative estimate of drug-likeness (QED) is 0.764. The molecule has 0 bridgehead atoms. The molecule has 4 heteroatoms. The van der Waals surface area contributed by atoms with Crippen LogP contribution in [-0.4, -0.2) is 26.4 Å². The fourth-order valence-electron chi connectivity index (χ4n) is 1.60. The second-order valence-corrected chi connectivity index (χ2v) is 4.51. The standard InChI is InChI=1S/C13H20ClNO2/c1-10(15)9-11-5-3-6-12(14)13(11)17-8-4-7-16-2/h3,5-6,10H,4,7-9,15H2,1-2H3. The molecule has 0 aliphatic carbocycles. The molecule has 0 saturated heterocycles. The molecule has 1 unspecified atom stereocenters. The lowest BCUT2D eigenvalue weighted by Crippen LogP contribution is -2.18. The predicted molar refractivity (Wildman–Crippen MR) is 70.8 cm³/mol. The minimum atomic E-state index is 0.0924. The van der Waals surface area contributed by atoms with Crippen molar-refractivity contribution in [2.75, 3.05) is 20.3 Å². The molecule has 1 aromatic rings. The number of benzene rings is 1. The number of hydrogen-bond acceptors (Lipinski definition) is 3. The van der Waals surface area contributed by atoms with Crippen LogP contribution in [0.3, 0.4) is 0 Å². The Balaban J connectivity index is 2.66. The van der Waals surface area contributed by atoms with Crippen molar-refractivity contribution in [3.8, 4) is 5.75 Å². The minimum Gasteiger partial charge on any atom is -0.492 e. The van der Waals surface area contributed by atoms with E-state index in [0.717, 1.165) is 24.2 Å². The van der Waals surface area contributed by atoms with E-state index in [1.54, 1.807) is 7.11 Å². The van der Waals surface area contributed by atoms with Crippen LogP contribution in [0.25, 0.3) is 0 Å². The van der Waals surface area contributed by atoms with Crippen molar-refractivity contribution < 1.29 is 9.47 Å². The molecule has 96 valence electrons. The van der Waals surface area contributed by atoms with E-state index < -0.39 is 0 Å². The van der Waals surface area contributed by atoms with Crippen molar-refractivity contribution in [1.82, 2.24) is 0 Å². The van der Waals surface area contributed by atoms with Gasteiger partial charge in [-0.15, -0.1) is 0 Å². The summed E-state index contributed by atoms with van der Waals surface area (Å²) < 4.78 is 10.7. The van der Waals surface area contributed by atoms with Crippen LogP contribution in [0.15, 0.2) is 18.2 Å². The summed E-state index contributed by atoms with van der Waals surface area (Å²) in [5, 5.41) is 0.639. The van der Waals surface area contributed by atoms with E-state index in [0.29, 0.717) is 18.2 Å². The first-order chi connectivity index (χ1) is 8.15. The first-order valence-electron chi connectivity index (χ1n) is 5.80. The van der Waals surface area contributed by atoms with Gasteiger partial charge < -0.3 is 15.2 Å². The molecule has 1 atom stereocenters. The third-order valence-electron chi connectivity index (χ3n) is 2.33. The maximum absolute atomic E-state index is 6.13. The molecule has 0 spiro atoms. The van der Waals surface area contributed by atoms with Crippen LogP contribution in [0, 0.1) is 0 Å². The fraction of sp³-hybridized carbons (Fsp3) is 0.538. The largest absolute Gasteiger partial charge is 0.492 e. The Labute approximate surface area is 108 Å². The van der Waals surface area contributed by atoms with Crippen LogP contribution in [0.1, 0.15) is 18.9 Å². The molecule has 1 rings (SSSR count). The Bertz CT molecular complexity index is 342. The molecule has 2 N–H and O–H groups in total. The van der Waals surface area contributed by atoms with Crippen LogP contribution in [0.4, 0.5) is 0 Å². The zero-order chi connectivity index (χ0) is 12.7. The third kappa shape index (κ3) is 4.94. The maximum Gasteiger partial charge on any atom is 0.141 e. The van der Waals surface area contributed by atoms with Crippen molar-refractivity contribution in [1.29, 1.82) is 0 Å². The van der Waals surface area contributed by atoms with Crippen LogP contribution < -0.4 is 10.5 Å². The van der Waals surface area contributed by atoms with Gasteiger partial charge in [0.25, 0.3) is 0 Å².